The second kappa shape index (κ2) is 3.41. The van der Waals surface area contributed by atoms with Crippen LogP contribution in [0.2, 0.25) is 0 Å². The molecule has 0 bridgehead atoms. The van der Waals surface area contributed by atoms with E-state index in [0.717, 1.165) is 0 Å². The van der Waals surface area contributed by atoms with Gasteiger partial charge >= 0.3 is 6.18 Å². The predicted octanol–water partition coefficient (Wildman–Crippen LogP) is 3.07. The first kappa shape index (κ1) is 10.8. The van der Waals surface area contributed by atoms with E-state index in [4.69, 9.17) is 5.26 Å². The summed E-state index contributed by atoms with van der Waals surface area (Å²) in [7, 11) is 0. The van der Waals surface area contributed by atoms with Gasteiger partial charge in [0.1, 0.15) is 5.54 Å². The molecule has 0 radical (unpaired) electrons. The molecule has 0 saturated heterocycles. The largest absolute Gasteiger partial charge is 0.411 e. The first-order valence-corrected chi connectivity index (χ1v) is 4.82. The molecule has 1 aromatic carbocycles. The first-order valence-electron chi connectivity index (χ1n) is 4.82. The second-order valence-electron chi connectivity index (χ2n) is 3.90. The zero-order chi connectivity index (χ0) is 11.8. The molecule has 0 heterocycles. The summed E-state index contributed by atoms with van der Waals surface area (Å²) in [6.45, 7) is 0. The second-order valence-corrected chi connectivity index (χ2v) is 3.90. The number of halogens is 3. The molecule has 1 saturated carbocycles. The smallest absolute Gasteiger partial charge is 0.371 e. The zero-order valence-electron chi connectivity index (χ0n) is 8.30. The van der Waals surface area contributed by atoms with Crippen molar-refractivity contribution in [2.45, 2.75) is 24.6 Å². The molecule has 1 aromatic rings. The van der Waals surface area contributed by atoms with Gasteiger partial charge in [0, 0.05) is 5.69 Å². The quantitative estimate of drug-likeness (QED) is 0.841. The molecule has 5 heteroatoms. The molecule has 1 aliphatic carbocycles. The third kappa shape index (κ3) is 1.83. The van der Waals surface area contributed by atoms with E-state index in [1.807, 2.05) is 6.07 Å². The number of alkyl halides is 3. The van der Waals surface area contributed by atoms with Gasteiger partial charge in [-0.05, 0) is 31.0 Å². The topological polar surface area (TPSA) is 35.8 Å². The number of hydrogen-bond donors (Lipinski definition) is 1. The Morgan fingerprint density at radius 1 is 1.31 bits per heavy atom. The lowest BCUT2D eigenvalue weighted by Crippen LogP contribution is -2.38. The van der Waals surface area contributed by atoms with Crippen molar-refractivity contribution in [1.82, 2.24) is 0 Å². The van der Waals surface area contributed by atoms with Gasteiger partial charge in [-0.2, -0.15) is 18.4 Å². The van der Waals surface area contributed by atoms with Crippen LogP contribution in [0.25, 0.3) is 0 Å². The van der Waals surface area contributed by atoms with Crippen molar-refractivity contribution in [3.8, 4) is 6.07 Å². The maximum absolute atomic E-state index is 12.6. The van der Waals surface area contributed by atoms with Crippen molar-refractivity contribution in [3.05, 3.63) is 29.8 Å². The van der Waals surface area contributed by atoms with Crippen LogP contribution in [-0.4, -0.2) is 11.7 Å². The lowest BCUT2D eigenvalue weighted by atomic mass is 10.2. The Labute approximate surface area is 90.7 Å². The maximum Gasteiger partial charge on any atom is 0.411 e. The third-order valence-corrected chi connectivity index (χ3v) is 2.67. The van der Waals surface area contributed by atoms with Crippen LogP contribution >= 0.6 is 0 Å². The number of rotatable bonds is 2. The molecule has 2 rings (SSSR count). The van der Waals surface area contributed by atoms with E-state index in [0.29, 0.717) is 11.3 Å². The monoisotopic (exact) mass is 226 g/mol. The summed E-state index contributed by atoms with van der Waals surface area (Å²) in [6, 6.07) is 7.96. The van der Waals surface area contributed by atoms with E-state index in [-0.39, 0.29) is 12.8 Å². The highest BCUT2D eigenvalue weighted by atomic mass is 19.4. The van der Waals surface area contributed by atoms with E-state index in [1.165, 1.54) is 12.1 Å². The first-order chi connectivity index (χ1) is 7.47. The molecule has 0 atom stereocenters. The molecule has 1 fully saturated rings. The molecule has 0 aromatic heterocycles. The SMILES string of the molecule is N#Cc1cccc(NC2(C(F)(F)F)CC2)c1. The predicted molar refractivity (Wildman–Crippen MR) is 52.8 cm³/mol. The van der Waals surface area contributed by atoms with Crippen LogP contribution in [0.15, 0.2) is 24.3 Å². The minimum Gasteiger partial charge on any atom is -0.371 e. The fraction of sp³-hybridized carbons (Fsp3) is 0.364. The van der Waals surface area contributed by atoms with Crippen LogP contribution in [-0.2, 0) is 0 Å². The van der Waals surface area contributed by atoms with Gasteiger partial charge < -0.3 is 5.32 Å². The highest BCUT2D eigenvalue weighted by Crippen LogP contribution is 2.51. The van der Waals surface area contributed by atoms with E-state index in [9.17, 15) is 13.2 Å². The lowest BCUT2D eigenvalue weighted by molar-refractivity contribution is -0.151. The van der Waals surface area contributed by atoms with Gasteiger partial charge in [-0.25, -0.2) is 0 Å². The summed E-state index contributed by atoms with van der Waals surface area (Å²) in [6.07, 6.45) is -4.06. The van der Waals surface area contributed by atoms with Gasteiger partial charge in [-0.1, -0.05) is 6.07 Å². The summed E-state index contributed by atoms with van der Waals surface area (Å²) < 4.78 is 37.9. The fourth-order valence-electron chi connectivity index (χ4n) is 1.55. The van der Waals surface area contributed by atoms with Crippen molar-refractivity contribution in [1.29, 1.82) is 5.26 Å². The zero-order valence-corrected chi connectivity index (χ0v) is 8.30. The Hall–Kier alpha value is -1.70. The standard InChI is InChI=1S/C11H9F3N2/c12-11(13,14)10(4-5-10)16-9-3-1-2-8(6-9)7-15/h1-3,6,16H,4-5H2. The van der Waals surface area contributed by atoms with Crippen molar-refractivity contribution >= 4 is 5.69 Å². The van der Waals surface area contributed by atoms with Crippen molar-refractivity contribution in [2.75, 3.05) is 5.32 Å². The van der Waals surface area contributed by atoms with E-state index in [2.05, 4.69) is 5.32 Å². The van der Waals surface area contributed by atoms with Crippen molar-refractivity contribution < 1.29 is 13.2 Å². The summed E-state index contributed by atoms with van der Waals surface area (Å²) >= 11 is 0. The van der Waals surface area contributed by atoms with Crippen LogP contribution < -0.4 is 5.32 Å². The molecular formula is C11H9F3N2. The van der Waals surface area contributed by atoms with Gasteiger partial charge in [0.15, 0.2) is 0 Å². The Morgan fingerprint density at radius 3 is 2.50 bits per heavy atom. The summed E-state index contributed by atoms with van der Waals surface area (Å²) in [5, 5.41) is 11.1. The van der Waals surface area contributed by atoms with Crippen LogP contribution in [0, 0.1) is 11.3 Å². The van der Waals surface area contributed by atoms with E-state index in [1.54, 1.807) is 12.1 Å². The number of nitriles is 1. The number of benzene rings is 1. The highest BCUT2D eigenvalue weighted by Gasteiger charge is 2.63. The van der Waals surface area contributed by atoms with Crippen LogP contribution in [0.4, 0.5) is 18.9 Å². The molecule has 1 N–H and O–H groups in total. The minimum absolute atomic E-state index is 0.0906. The normalized spacial score (nSPS) is 17.6. The number of anilines is 1. The Balaban J connectivity index is 2.19. The lowest BCUT2D eigenvalue weighted by Gasteiger charge is -2.21. The maximum atomic E-state index is 12.6. The Morgan fingerprint density at radius 2 is 2.00 bits per heavy atom. The molecule has 0 amide bonds. The van der Waals surface area contributed by atoms with Crippen molar-refractivity contribution in [2.24, 2.45) is 0 Å². The summed E-state index contributed by atoms with van der Waals surface area (Å²) in [4.78, 5) is 0. The van der Waals surface area contributed by atoms with Crippen molar-refractivity contribution in [3.63, 3.8) is 0 Å². The average Bonchev–Trinajstić information content (AvgIpc) is 2.98. The van der Waals surface area contributed by atoms with E-state index < -0.39 is 11.7 Å². The number of nitrogens with one attached hydrogen (secondary N) is 1. The van der Waals surface area contributed by atoms with Crippen LogP contribution in [0.1, 0.15) is 18.4 Å². The summed E-state index contributed by atoms with van der Waals surface area (Å²) in [5.74, 6) is 0. The van der Waals surface area contributed by atoms with Gasteiger partial charge in [0.05, 0.1) is 11.6 Å². The summed E-state index contributed by atoms with van der Waals surface area (Å²) in [5.41, 5.74) is -1.09. The van der Waals surface area contributed by atoms with Crippen LogP contribution in [0.3, 0.4) is 0 Å². The van der Waals surface area contributed by atoms with E-state index >= 15 is 0 Å². The van der Waals surface area contributed by atoms with Crippen LogP contribution in [0.5, 0.6) is 0 Å². The Bertz CT molecular complexity index is 441. The van der Waals surface area contributed by atoms with Gasteiger partial charge in [-0.3, -0.25) is 0 Å². The average molecular weight is 226 g/mol. The molecule has 2 nitrogen and oxygen atoms in total. The molecule has 0 aliphatic heterocycles. The number of hydrogen-bond acceptors (Lipinski definition) is 2. The molecule has 84 valence electrons. The van der Waals surface area contributed by atoms with Gasteiger partial charge in [-0.15, -0.1) is 0 Å². The molecular weight excluding hydrogens is 217 g/mol. The third-order valence-electron chi connectivity index (χ3n) is 2.67. The number of nitrogens with zero attached hydrogens (tertiary/aromatic N) is 1. The van der Waals surface area contributed by atoms with Gasteiger partial charge in [0.25, 0.3) is 0 Å². The Kier molecular flexibility index (Phi) is 2.30. The molecule has 0 spiro atoms. The fourth-order valence-corrected chi connectivity index (χ4v) is 1.55. The molecule has 0 unspecified atom stereocenters. The minimum atomic E-state index is -4.24. The molecule has 1 aliphatic rings. The van der Waals surface area contributed by atoms with Gasteiger partial charge in [0.2, 0.25) is 0 Å². The highest BCUT2D eigenvalue weighted by molar-refractivity contribution is 5.52. The molecule has 16 heavy (non-hydrogen) atoms.